The van der Waals surface area contributed by atoms with E-state index in [4.69, 9.17) is 5.73 Å². The second-order valence-corrected chi connectivity index (χ2v) is 5.25. The van der Waals surface area contributed by atoms with Gasteiger partial charge in [-0.15, -0.1) is 0 Å². The predicted octanol–water partition coefficient (Wildman–Crippen LogP) is 1.84. The van der Waals surface area contributed by atoms with E-state index in [0.29, 0.717) is 6.04 Å². The van der Waals surface area contributed by atoms with Gasteiger partial charge in [0.05, 0.1) is 11.4 Å². The molecule has 0 saturated carbocycles. The van der Waals surface area contributed by atoms with E-state index in [1.807, 2.05) is 24.3 Å². The molecule has 0 aromatic heterocycles. The Labute approximate surface area is 93.5 Å². The summed E-state index contributed by atoms with van der Waals surface area (Å²) in [6, 6.07) is 7.97. The highest BCUT2D eigenvalue weighted by molar-refractivity contribution is 7.84. The first kappa shape index (κ1) is 12.0. The zero-order chi connectivity index (χ0) is 11.3. The van der Waals surface area contributed by atoms with Crippen molar-refractivity contribution >= 4 is 22.2 Å². The van der Waals surface area contributed by atoms with E-state index in [1.54, 1.807) is 6.26 Å². The number of anilines is 2. The minimum atomic E-state index is -0.721. The van der Waals surface area contributed by atoms with E-state index in [1.165, 1.54) is 0 Å². The largest absolute Gasteiger partial charge is 0.397 e. The van der Waals surface area contributed by atoms with E-state index < -0.39 is 10.8 Å². The van der Waals surface area contributed by atoms with Crippen molar-refractivity contribution in [3.05, 3.63) is 24.3 Å². The van der Waals surface area contributed by atoms with Crippen molar-refractivity contribution < 1.29 is 4.21 Å². The van der Waals surface area contributed by atoms with Crippen LogP contribution in [0.2, 0.25) is 0 Å². The van der Waals surface area contributed by atoms with Crippen LogP contribution >= 0.6 is 0 Å². The van der Waals surface area contributed by atoms with Gasteiger partial charge in [-0.2, -0.15) is 0 Å². The van der Waals surface area contributed by atoms with Crippen LogP contribution < -0.4 is 11.1 Å². The Hall–Kier alpha value is -1.03. The summed E-state index contributed by atoms with van der Waals surface area (Å²) in [4.78, 5) is 0. The average Bonchev–Trinajstić information content (AvgIpc) is 2.18. The molecular weight excluding hydrogens is 208 g/mol. The summed E-state index contributed by atoms with van der Waals surface area (Å²) in [6.45, 7) is 2.07. The molecule has 3 nitrogen and oxygen atoms in total. The molecule has 0 heterocycles. The van der Waals surface area contributed by atoms with Crippen molar-refractivity contribution in [2.45, 2.75) is 19.4 Å². The molecule has 1 aromatic carbocycles. The van der Waals surface area contributed by atoms with E-state index in [9.17, 15) is 4.21 Å². The van der Waals surface area contributed by atoms with E-state index in [-0.39, 0.29) is 0 Å². The summed E-state index contributed by atoms with van der Waals surface area (Å²) >= 11 is 0. The fraction of sp³-hybridized carbons (Fsp3) is 0.455. The molecule has 0 aliphatic heterocycles. The Balaban J connectivity index is 2.47. The fourth-order valence-electron chi connectivity index (χ4n) is 1.31. The standard InChI is InChI=1S/C11H18N2OS/c1-9(7-8-15(2)14)13-11-6-4-3-5-10(11)12/h3-6,9,13H,7-8,12H2,1-2H3. The summed E-state index contributed by atoms with van der Waals surface area (Å²) in [6.07, 6.45) is 2.61. The molecule has 0 aliphatic carbocycles. The third-order valence-electron chi connectivity index (χ3n) is 2.20. The maximum absolute atomic E-state index is 10.9. The van der Waals surface area contributed by atoms with Gasteiger partial charge in [-0.05, 0) is 25.5 Å². The van der Waals surface area contributed by atoms with Crippen LogP contribution in [-0.2, 0) is 10.8 Å². The Morgan fingerprint density at radius 2 is 2.13 bits per heavy atom. The van der Waals surface area contributed by atoms with Crippen molar-refractivity contribution in [2.24, 2.45) is 0 Å². The van der Waals surface area contributed by atoms with Crippen LogP contribution in [0.3, 0.4) is 0 Å². The zero-order valence-corrected chi connectivity index (χ0v) is 10.0. The lowest BCUT2D eigenvalue weighted by Gasteiger charge is -2.15. The first-order valence-corrected chi connectivity index (χ1v) is 6.73. The fourth-order valence-corrected chi connectivity index (χ4v) is 1.99. The maximum Gasteiger partial charge on any atom is 0.0575 e. The number of nitrogen functional groups attached to an aromatic ring is 1. The number of hydrogen-bond acceptors (Lipinski definition) is 3. The lowest BCUT2D eigenvalue weighted by atomic mass is 10.2. The molecule has 2 unspecified atom stereocenters. The van der Waals surface area contributed by atoms with Crippen molar-refractivity contribution in [1.29, 1.82) is 0 Å². The number of benzene rings is 1. The molecule has 0 aliphatic rings. The van der Waals surface area contributed by atoms with Gasteiger partial charge in [0.2, 0.25) is 0 Å². The third-order valence-corrected chi connectivity index (χ3v) is 3.01. The summed E-state index contributed by atoms with van der Waals surface area (Å²) in [5.74, 6) is 0.723. The topological polar surface area (TPSA) is 55.1 Å². The minimum Gasteiger partial charge on any atom is -0.397 e. The predicted molar refractivity (Wildman–Crippen MR) is 67.5 cm³/mol. The molecule has 2 atom stereocenters. The van der Waals surface area contributed by atoms with Gasteiger partial charge in [-0.25, -0.2) is 0 Å². The molecule has 3 N–H and O–H groups in total. The minimum absolute atomic E-state index is 0.290. The van der Waals surface area contributed by atoms with Crippen molar-refractivity contribution in [1.82, 2.24) is 0 Å². The molecule has 0 saturated heterocycles. The van der Waals surface area contributed by atoms with Gasteiger partial charge in [0.1, 0.15) is 0 Å². The van der Waals surface area contributed by atoms with Crippen LogP contribution in [0.15, 0.2) is 24.3 Å². The van der Waals surface area contributed by atoms with Crippen molar-refractivity contribution in [3.8, 4) is 0 Å². The molecule has 0 amide bonds. The molecule has 1 aromatic rings. The SMILES string of the molecule is CC(CCS(C)=O)Nc1ccccc1N. The third kappa shape index (κ3) is 4.34. The smallest absolute Gasteiger partial charge is 0.0575 e. The van der Waals surface area contributed by atoms with Crippen LogP contribution in [0, 0.1) is 0 Å². The number of hydrogen-bond donors (Lipinski definition) is 2. The normalized spacial score (nSPS) is 14.5. The number of nitrogens with one attached hydrogen (secondary N) is 1. The van der Waals surface area contributed by atoms with Crippen LogP contribution in [0.25, 0.3) is 0 Å². The quantitative estimate of drug-likeness (QED) is 0.753. The lowest BCUT2D eigenvalue weighted by Crippen LogP contribution is -2.18. The van der Waals surface area contributed by atoms with Crippen LogP contribution in [-0.4, -0.2) is 22.3 Å². The maximum atomic E-state index is 10.9. The van der Waals surface area contributed by atoms with Crippen LogP contribution in [0.4, 0.5) is 11.4 Å². The highest BCUT2D eigenvalue weighted by Crippen LogP contribution is 2.18. The summed E-state index contributed by atoms with van der Waals surface area (Å²) < 4.78 is 10.9. The second-order valence-electron chi connectivity index (χ2n) is 3.70. The molecule has 0 spiro atoms. The molecule has 0 radical (unpaired) electrons. The van der Waals surface area contributed by atoms with E-state index in [0.717, 1.165) is 23.5 Å². The summed E-state index contributed by atoms with van der Waals surface area (Å²) in [7, 11) is -0.721. The van der Waals surface area contributed by atoms with Gasteiger partial charge >= 0.3 is 0 Å². The van der Waals surface area contributed by atoms with Crippen molar-refractivity contribution in [3.63, 3.8) is 0 Å². The van der Waals surface area contributed by atoms with Gasteiger partial charge in [0.15, 0.2) is 0 Å². The average molecular weight is 226 g/mol. The Morgan fingerprint density at radius 3 is 2.73 bits per heavy atom. The molecule has 0 bridgehead atoms. The first-order chi connectivity index (χ1) is 7.09. The molecular formula is C11H18N2OS. The molecule has 0 fully saturated rings. The zero-order valence-electron chi connectivity index (χ0n) is 9.19. The first-order valence-electron chi connectivity index (χ1n) is 5.00. The number of nitrogens with two attached hydrogens (primary N) is 1. The van der Waals surface area contributed by atoms with Crippen LogP contribution in [0.5, 0.6) is 0 Å². The van der Waals surface area contributed by atoms with Gasteiger partial charge in [-0.1, -0.05) is 12.1 Å². The van der Waals surface area contributed by atoms with Gasteiger partial charge in [0, 0.05) is 28.9 Å². The number of rotatable bonds is 5. The Morgan fingerprint density at radius 1 is 1.47 bits per heavy atom. The van der Waals surface area contributed by atoms with Crippen LogP contribution in [0.1, 0.15) is 13.3 Å². The van der Waals surface area contributed by atoms with Gasteiger partial charge in [-0.3, -0.25) is 4.21 Å². The Kier molecular flexibility index (Phi) is 4.62. The van der Waals surface area contributed by atoms with Gasteiger partial charge < -0.3 is 11.1 Å². The highest BCUT2D eigenvalue weighted by Gasteiger charge is 2.04. The monoisotopic (exact) mass is 226 g/mol. The molecule has 84 valence electrons. The molecule has 4 heteroatoms. The van der Waals surface area contributed by atoms with E-state index in [2.05, 4.69) is 12.2 Å². The summed E-state index contributed by atoms with van der Waals surface area (Å²) in [5, 5.41) is 3.31. The number of para-hydroxylation sites is 2. The van der Waals surface area contributed by atoms with Crippen molar-refractivity contribution in [2.75, 3.05) is 23.1 Å². The van der Waals surface area contributed by atoms with Gasteiger partial charge in [0.25, 0.3) is 0 Å². The highest BCUT2D eigenvalue weighted by atomic mass is 32.2. The second kappa shape index (κ2) is 5.75. The Bertz CT molecular complexity index is 341. The molecule has 1 rings (SSSR count). The van der Waals surface area contributed by atoms with E-state index >= 15 is 0 Å². The lowest BCUT2D eigenvalue weighted by molar-refractivity contribution is 0.678. The molecule has 15 heavy (non-hydrogen) atoms. The summed E-state index contributed by atoms with van der Waals surface area (Å²) in [5.41, 5.74) is 7.50.